The molecule has 1 saturated carbocycles. The molecular weight excluding hydrogens is 196 g/mol. The smallest absolute Gasteiger partial charge is 0.0302 e. The lowest BCUT2D eigenvalue weighted by atomic mass is 9.90. The van der Waals surface area contributed by atoms with E-state index in [0.29, 0.717) is 12.0 Å². The zero-order valence-corrected chi connectivity index (χ0v) is 10.3. The van der Waals surface area contributed by atoms with Crippen molar-refractivity contribution < 1.29 is 0 Å². The molecule has 1 aliphatic carbocycles. The molecule has 1 aromatic rings. The van der Waals surface area contributed by atoms with Crippen LogP contribution in [-0.2, 0) is 0 Å². The molecule has 0 aliphatic heterocycles. The Bertz CT molecular complexity index is 310. The molecule has 0 saturated heterocycles. The summed E-state index contributed by atoms with van der Waals surface area (Å²) in [6.45, 7) is 5.75. The maximum atomic E-state index is 4.23. The number of hydrogen-bond donors (Lipinski definition) is 1. The van der Waals surface area contributed by atoms with Crippen LogP contribution in [0.3, 0.4) is 0 Å². The van der Waals surface area contributed by atoms with Crippen molar-refractivity contribution >= 4 is 0 Å². The van der Waals surface area contributed by atoms with Crippen LogP contribution in [0.4, 0.5) is 0 Å². The van der Waals surface area contributed by atoms with Gasteiger partial charge in [-0.05, 0) is 49.3 Å². The van der Waals surface area contributed by atoms with Crippen LogP contribution in [0.2, 0.25) is 0 Å². The van der Waals surface area contributed by atoms with Crippen LogP contribution in [0, 0.1) is 5.92 Å². The first kappa shape index (κ1) is 11.6. The fraction of sp³-hybridized carbons (Fsp3) is 0.643. The van der Waals surface area contributed by atoms with Crippen molar-refractivity contribution in [3.63, 3.8) is 0 Å². The maximum absolute atomic E-state index is 4.23. The Balaban J connectivity index is 1.99. The predicted octanol–water partition coefficient (Wildman–Crippen LogP) is 2.96. The van der Waals surface area contributed by atoms with Gasteiger partial charge in [-0.2, -0.15) is 0 Å². The standard InChI is InChI=1S/C14H22N2/c1-3-8-16-14-7-6-13(11(14)2)12-5-4-9-15-10-12/h4-5,9-11,13-14,16H,3,6-8H2,1-2H3. The summed E-state index contributed by atoms with van der Waals surface area (Å²) in [7, 11) is 0. The minimum absolute atomic E-state index is 0.697. The second-order valence-electron chi connectivity index (χ2n) is 4.89. The van der Waals surface area contributed by atoms with Gasteiger partial charge in [-0.1, -0.05) is 19.9 Å². The van der Waals surface area contributed by atoms with E-state index in [9.17, 15) is 0 Å². The zero-order valence-electron chi connectivity index (χ0n) is 10.3. The Morgan fingerprint density at radius 2 is 2.31 bits per heavy atom. The van der Waals surface area contributed by atoms with Gasteiger partial charge in [0, 0.05) is 18.4 Å². The number of aromatic nitrogens is 1. The number of hydrogen-bond acceptors (Lipinski definition) is 2. The molecule has 16 heavy (non-hydrogen) atoms. The molecule has 2 nitrogen and oxygen atoms in total. The Labute approximate surface area is 98.5 Å². The van der Waals surface area contributed by atoms with E-state index in [0.717, 1.165) is 12.5 Å². The van der Waals surface area contributed by atoms with Gasteiger partial charge in [0.2, 0.25) is 0 Å². The first-order valence-electron chi connectivity index (χ1n) is 6.46. The number of rotatable bonds is 4. The molecular formula is C14H22N2. The van der Waals surface area contributed by atoms with Gasteiger partial charge >= 0.3 is 0 Å². The minimum Gasteiger partial charge on any atom is -0.314 e. The van der Waals surface area contributed by atoms with Crippen molar-refractivity contribution in [3.8, 4) is 0 Å². The van der Waals surface area contributed by atoms with E-state index in [4.69, 9.17) is 0 Å². The van der Waals surface area contributed by atoms with Gasteiger partial charge in [0.05, 0.1) is 0 Å². The first-order chi connectivity index (χ1) is 7.83. The highest BCUT2D eigenvalue weighted by Crippen LogP contribution is 2.39. The molecule has 1 fully saturated rings. The molecule has 0 spiro atoms. The molecule has 1 heterocycles. The van der Waals surface area contributed by atoms with Crippen LogP contribution in [-0.4, -0.2) is 17.6 Å². The van der Waals surface area contributed by atoms with Gasteiger partial charge in [0.15, 0.2) is 0 Å². The highest BCUT2D eigenvalue weighted by Gasteiger charge is 2.33. The highest BCUT2D eigenvalue weighted by atomic mass is 14.9. The van der Waals surface area contributed by atoms with Crippen LogP contribution >= 0.6 is 0 Å². The number of nitrogens with zero attached hydrogens (tertiary/aromatic N) is 1. The van der Waals surface area contributed by atoms with Gasteiger partial charge in [-0.3, -0.25) is 4.98 Å². The van der Waals surface area contributed by atoms with Crippen LogP contribution in [0.5, 0.6) is 0 Å². The van der Waals surface area contributed by atoms with Crippen molar-refractivity contribution in [2.75, 3.05) is 6.54 Å². The molecule has 0 bridgehead atoms. The molecule has 1 aromatic heterocycles. The average molecular weight is 218 g/mol. The summed E-state index contributed by atoms with van der Waals surface area (Å²) in [5, 5.41) is 3.66. The summed E-state index contributed by atoms with van der Waals surface area (Å²) >= 11 is 0. The van der Waals surface area contributed by atoms with Crippen LogP contribution in [0.1, 0.15) is 44.6 Å². The van der Waals surface area contributed by atoms with E-state index in [1.807, 2.05) is 12.4 Å². The summed E-state index contributed by atoms with van der Waals surface area (Å²) in [6, 6.07) is 4.97. The summed E-state index contributed by atoms with van der Waals surface area (Å²) in [6.07, 6.45) is 7.72. The lowest BCUT2D eigenvalue weighted by Crippen LogP contribution is -2.32. The highest BCUT2D eigenvalue weighted by molar-refractivity contribution is 5.18. The first-order valence-corrected chi connectivity index (χ1v) is 6.46. The largest absolute Gasteiger partial charge is 0.314 e. The van der Waals surface area contributed by atoms with E-state index in [1.165, 1.54) is 24.8 Å². The zero-order chi connectivity index (χ0) is 11.4. The van der Waals surface area contributed by atoms with E-state index >= 15 is 0 Å². The molecule has 2 rings (SSSR count). The molecule has 0 radical (unpaired) electrons. The van der Waals surface area contributed by atoms with Crippen molar-refractivity contribution in [2.24, 2.45) is 5.92 Å². The monoisotopic (exact) mass is 218 g/mol. The van der Waals surface area contributed by atoms with E-state index < -0.39 is 0 Å². The van der Waals surface area contributed by atoms with E-state index in [2.05, 4.69) is 36.3 Å². The third-order valence-electron chi connectivity index (χ3n) is 3.83. The van der Waals surface area contributed by atoms with Gasteiger partial charge in [0.25, 0.3) is 0 Å². The summed E-state index contributed by atoms with van der Waals surface area (Å²) in [5.74, 6) is 1.43. The SMILES string of the molecule is CCCNC1CCC(c2cccnc2)C1C. The van der Waals surface area contributed by atoms with E-state index in [-0.39, 0.29) is 0 Å². The van der Waals surface area contributed by atoms with Crippen molar-refractivity contribution in [1.29, 1.82) is 0 Å². The molecule has 1 N–H and O–H groups in total. The number of pyridine rings is 1. The van der Waals surface area contributed by atoms with Gasteiger partial charge in [0.1, 0.15) is 0 Å². The molecule has 0 amide bonds. The number of nitrogens with one attached hydrogen (secondary N) is 1. The third-order valence-corrected chi connectivity index (χ3v) is 3.83. The van der Waals surface area contributed by atoms with Gasteiger partial charge < -0.3 is 5.32 Å². The Morgan fingerprint density at radius 3 is 3.00 bits per heavy atom. The normalized spacial score (nSPS) is 29.5. The van der Waals surface area contributed by atoms with Gasteiger partial charge in [-0.25, -0.2) is 0 Å². The summed E-state index contributed by atoms with van der Waals surface area (Å²) in [5.41, 5.74) is 1.41. The van der Waals surface area contributed by atoms with Crippen molar-refractivity contribution in [3.05, 3.63) is 30.1 Å². The van der Waals surface area contributed by atoms with Crippen LogP contribution in [0.15, 0.2) is 24.5 Å². The second kappa shape index (κ2) is 5.44. The van der Waals surface area contributed by atoms with Crippen molar-refractivity contribution in [1.82, 2.24) is 10.3 Å². The second-order valence-corrected chi connectivity index (χ2v) is 4.89. The molecule has 88 valence electrons. The average Bonchev–Trinajstić information content (AvgIpc) is 2.69. The topological polar surface area (TPSA) is 24.9 Å². The molecule has 1 aliphatic rings. The van der Waals surface area contributed by atoms with Crippen molar-refractivity contribution in [2.45, 2.75) is 45.1 Å². The summed E-state index contributed by atoms with van der Waals surface area (Å²) in [4.78, 5) is 4.23. The molecule has 3 atom stereocenters. The quantitative estimate of drug-likeness (QED) is 0.840. The Hall–Kier alpha value is -0.890. The van der Waals surface area contributed by atoms with Crippen LogP contribution in [0.25, 0.3) is 0 Å². The van der Waals surface area contributed by atoms with E-state index in [1.54, 1.807) is 0 Å². The fourth-order valence-corrected chi connectivity index (χ4v) is 2.85. The summed E-state index contributed by atoms with van der Waals surface area (Å²) < 4.78 is 0. The minimum atomic E-state index is 0.697. The Morgan fingerprint density at radius 1 is 1.44 bits per heavy atom. The molecule has 3 unspecified atom stereocenters. The predicted molar refractivity (Wildman–Crippen MR) is 67.5 cm³/mol. The molecule has 2 heteroatoms. The van der Waals surface area contributed by atoms with Gasteiger partial charge in [-0.15, -0.1) is 0 Å². The maximum Gasteiger partial charge on any atom is 0.0302 e. The van der Waals surface area contributed by atoms with Crippen LogP contribution < -0.4 is 5.32 Å². The lowest BCUT2D eigenvalue weighted by molar-refractivity contribution is 0.404. The third kappa shape index (κ3) is 2.43. The lowest BCUT2D eigenvalue weighted by Gasteiger charge is -2.21. The fourth-order valence-electron chi connectivity index (χ4n) is 2.85. The Kier molecular flexibility index (Phi) is 3.94. The molecule has 0 aromatic carbocycles.